The molecule has 5 heteroatoms. The Hall–Kier alpha value is -1.13. The van der Waals surface area contributed by atoms with Crippen molar-refractivity contribution < 1.29 is 17.6 Å². The average molecular weight is 221 g/mol. The highest BCUT2D eigenvalue weighted by Crippen LogP contribution is 2.30. The predicted molar refractivity (Wildman–Crippen MR) is 47.9 cm³/mol. The first-order valence-electron chi connectivity index (χ1n) is 4.36. The van der Waals surface area contributed by atoms with E-state index in [2.05, 4.69) is 4.98 Å². The Kier molecular flexibility index (Phi) is 2.76. The lowest BCUT2D eigenvalue weighted by molar-refractivity contribution is -0.141. The first-order valence-corrected chi connectivity index (χ1v) is 4.36. The minimum atomic E-state index is -4.61. The Morgan fingerprint density at radius 1 is 1.00 bits per heavy atom. The molecule has 0 saturated carbocycles. The minimum absolute atomic E-state index is 0.0924. The van der Waals surface area contributed by atoms with Gasteiger partial charge in [0.2, 0.25) is 0 Å². The summed E-state index contributed by atoms with van der Waals surface area (Å²) in [5, 5.41) is 0. The number of pyridine rings is 1. The molecule has 15 heavy (non-hydrogen) atoms. The van der Waals surface area contributed by atoms with E-state index in [0.717, 1.165) is 6.07 Å². The Morgan fingerprint density at radius 3 is 1.87 bits per heavy atom. The summed E-state index contributed by atoms with van der Waals surface area (Å²) in [5.74, 6) is -0.915. The number of nitrogens with zero attached hydrogens (tertiary/aromatic N) is 1. The molecule has 0 aliphatic rings. The van der Waals surface area contributed by atoms with E-state index in [4.69, 9.17) is 0 Å². The van der Waals surface area contributed by atoms with Crippen molar-refractivity contribution in [3.63, 3.8) is 0 Å². The van der Waals surface area contributed by atoms with Crippen LogP contribution in [0.3, 0.4) is 0 Å². The second-order valence-corrected chi connectivity index (χ2v) is 4.30. The monoisotopic (exact) mass is 221 g/mol. The van der Waals surface area contributed by atoms with E-state index < -0.39 is 23.1 Å². The smallest absolute Gasteiger partial charge is 0.248 e. The van der Waals surface area contributed by atoms with E-state index in [9.17, 15) is 17.6 Å². The SMILES string of the molecule is CC(C)(C)c1cc(F)cc(C(F)(F)F)n1. The maximum Gasteiger partial charge on any atom is 0.433 e. The van der Waals surface area contributed by atoms with Gasteiger partial charge in [0.25, 0.3) is 0 Å². The van der Waals surface area contributed by atoms with Crippen LogP contribution in [0, 0.1) is 5.82 Å². The van der Waals surface area contributed by atoms with Crippen LogP contribution in [-0.4, -0.2) is 4.98 Å². The largest absolute Gasteiger partial charge is 0.433 e. The minimum Gasteiger partial charge on any atom is -0.248 e. The van der Waals surface area contributed by atoms with Crippen LogP contribution in [0.25, 0.3) is 0 Å². The second-order valence-electron chi connectivity index (χ2n) is 4.30. The van der Waals surface area contributed by atoms with Crippen LogP contribution in [0.1, 0.15) is 32.2 Å². The van der Waals surface area contributed by atoms with Gasteiger partial charge in [-0.15, -0.1) is 0 Å². The van der Waals surface area contributed by atoms with Gasteiger partial charge in [0, 0.05) is 17.2 Å². The predicted octanol–water partition coefficient (Wildman–Crippen LogP) is 3.54. The van der Waals surface area contributed by atoms with Crippen LogP contribution < -0.4 is 0 Å². The molecule has 1 aromatic rings. The van der Waals surface area contributed by atoms with E-state index in [1.165, 1.54) is 0 Å². The number of hydrogen-bond acceptors (Lipinski definition) is 1. The van der Waals surface area contributed by atoms with E-state index in [-0.39, 0.29) is 5.69 Å². The zero-order chi connectivity index (χ0) is 11.9. The molecule has 0 saturated heterocycles. The lowest BCUT2D eigenvalue weighted by Crippen LogP contribution is -2.18. The molecule has 0 radical (unpaired) electrons. The average Bonchev–Trinajstić information content (AvgIpc) is 1.99. The van der Waals surface area contributed by atoms with Gasteiger partial charge in [-0.25, -0.2) is 9.37 Å². The molecule has 0 aliphatic carbocycles. The van der Waals surface area contributed by atoms with Crippen molar-refractivity contribution in [1.29, 1.82) is 0 Å². The van der Waals surface area contributed by atoms with Crippen molar-refractivity contribution in [3.05, 3.63) is 29.3 Å². The maximum atomic E-state index is 12.9. The Bertz CT molecular complexity index is 330. The van der Waals surface area contributed by atoms with Gasteiger partial charge in [-0.1, -0.05) is 20.8 Å². The zero-order valence-electron chi connectivity index (χ0n) is 8.61. The fourth-order valence-corrected chi connectivity index (χ4v) is 1.03. The lowest BCUT2D eigenvalue weighted by atomic mass is 9.91. The Labute approximate surface area is 85.1 Å². The van der Waals surface area contributed by atoms with Crippen LogP contribution in [0.5, 0.6) is 0 Å². The van der Waals surface area contributed by atoms with Gasteiger partial charge in [0.15, 0.2) is 0 Å². The molecule has 0 aromatic carbocycles. The van der Waals surface area contributed by atoms with Gasteiger partial charge in [-0.05, 0) is 6.07 Å². The molecular formula is C10H11F4N. The van der Waals surface area contributed by atoms with Crippen molar-refractivity contribution in [1.82, 2.24) is 4.98 Å². The lowest BCUT2D eigenvalue weighted by Gasteiger charge is -2.19. The van der Waals surface area contributed by atoms with Crippen molar-refractivity contribution in [2.75, 3.05) is 0 Å². The first kappa shape index (κ1) is 11.9. The van der Waals surface area contributed by atoms with Crippen LogP contribution in [0.4, 0.5) is 17.6 Å². The van der Waals surface area contributed by atoms with Crippen molar-refractivity contribution in [2.24, 2.45) is 0 Å². The van der Waals surface area contributed by atoms with Crippen LogP contribution in [0.2, 0.25) is 0 Å². The fraction of sp³-hybridized carbons (Fsp3) is 0.500. The molecule has 84 valence electrons. The third-order valence-corrected chi connectivity index (χ3v) is 1.85. The molecule has 1 nitrogen and oxygen atoms in total. The molecule has 0 amide bonds. The van der Waals surface area contributed by atoms with Gasteiger partial charge < -0.3 is 0 Å². The van der Waals surface area contributed by atoms with Crippen LogP contribution >= 0.6 is 0 Å². The summed E-state index contributed by atoms with van der Waals surface area (Å²) in [5.41, 5.74) is -1.70. The molecule has 0 spiro atoms. The number of alkyl halides is 3. The number of halogens is 4. The molecular weight excluding hydrogens is 210 g/mol. The highest BCUT2D eigenvalue weighted by molar-refractivity contribution is 5.20. The van der Waals surface area contributed by atoms with Crippen LogP contribution in [-0.2, 0) is 11.6 Å². The van der Waals surface area contributed by atoms with E-state index in [1.54, 1.807) is 20.8 Å². The van der Waals surface area contributed by atoms with Crippen molar-refractivity contribution >= 4 is 0 Å². The maximum absolute atomic E-state index is 12.9. The summed E-state index contributed by atoms with van der Waals surface area (Å²) in [7, 11) is 0. The number of rotatable bonds is 0. The molecule has 0 fully saturated rings. The molecule has 0 aliphatic heterocycles. The van der Waals surface area contributed by atoms with E-state index >= 15 is 0 Å². The second kappa shape index (κ2) is 3.47. The Balaban J connectivity index is 3.30. The number of aromatic nitrogens is 1. The van der Waals surface area contributed by atoms with E-state index in [0.29, 0.717) is 6.07 Å². The fourth-order valence-electron chi connectivity index (χ4n) is 1.03. The van der Waals surface area contributed by atoms with Crippen LogP contribution in [0.15, 0.2) is 12.1 Å². The summed E-state index contributed by atoms with van der Waals surface area (Å²) in [4.78, 5) is 3.41. The number of hydrogen-bond donors (Lipinski definition) is 0. The summed E-state index contributed by atoms with van der Waals surface area (Å²) >= 11 is 0. The summed E-state index contributed by atoms with van der Waals surface area (Å²) < 4.78 is 49.9. The highest BCUT2D eigenvalue weighted by Gasteiger charge is 2.34. The van der Waals surface area contributed by atoms with Gasteiger partial charge in [0.1, 0.15) is 11.5 Å². The van der Waals surface area contributed by atoms with Crippen molar-refractivity contribution in [2.45, 2.75) is 32.4 Å². The van der Waals surface area contributed by atoms with Crippen molar-refractivity contribution in [3.8, 4) is 0 Å². The Morgan fingerprint density at radius 2 is 1.47 bits per heavy atom. The summed E-state index contributed by atoms with van der Waals surface area (Å²) in [6, 6.07) is 1.42. The third kappa shape index (κ3) is 2.91. The molecule has 1 rings (SSSR count). The molecule has 0 unspecified atom stereocenters. The highest BCUT2D eigenvalue weighted by atomic mass is 19.4. The molecule has 1 aromatic heterocycles. The topological polar surface area (TPSA) is 12.9 Å². The first-order chi connectivity index (χ1) is 6.60. The van der Waals surface area contributed by atoms with Gasteiger partial charge in [-0.2, -0.15) is 13.2 Å². The van der Waals surface area contributed by atoms with Gasteiger partial charge >= 0.3 is 6.18 Å². The molecule has 1 heterocycles. The standard InChI is InChI=1S/C10H11F4N/c1-9(2,3)7-4-6(11)5-8(15-7)10(12,13)14/h4-5H,1-3H3. The molecule has 0 N–H and O–H groups in total. The molecule has 0 atom stereocenters. The normalized spacial score (nSPS) is 13.0. The summed E-state index contributed by atoms with van der Waals surface area (Å²) in [6.45, 7) is 5.03. The third-order valence-electron chi connectivity index (χ3n) is 1.85. The quantitative estimate of drug-likeness (QED) is 0.610. The van der Waals surface area contributed by atoms with Gasteiger partial charge in [0.05, 0.1) is 0 Å². The van der Waals surface area contributed by atoms with E-state index in [1.807, 2.05) is 0 Å². The van der Waals surface area contributed by atoms with Gasteiger partial charge in [-0.3, -0.25) is 0 Å². The summed E-state index contributed by atoms with van der Waals surface area (Å²) in [6.07, 6.45) is -4.61. The zero-order valence-corrected chi connectivity index (χ0v) is 8.61. The molecule has 0 bridgehead atoms.